The SMILES string of the molecule is CCOc1ccc(-c2nnc(SCC(=O)Nc3ccc(C)c(Cl)c3)o2)cc1. The number of nitrogens with zero attached hydrogens (tertiary/aromatic N) is 2. The Morgan fingerprint density at radius 3 is 2.70 bits per heavy atom. The molecule has 0 fully saturated rings. The Bertz CT molecular complexity index is 928. The highest BCUT2D eigenvalue weighted by Gasteiger charge is 2.12. The molecule has 3 aromatic rings. The molecule has 1 N–H and O–H groups in total. The van der Waals surface area contributed by atoms with E-state index >= 15 is 0 Å². The first-order chi connectivity index (χ1) is 13.0. The molecule has 0 aliphatic rings. The molecule has 8 heteroatoms. The molecule has 6 nitrogen and oxygen atoms in total. The number of aryl methyl sites for hydroxylation is 1. The van der Waals surface area contributed by atoms with Gasteiger partial charge in [-0.2, -0.15) is 0 Å². The molecule has 0 unspecified atom stereocenters. The molecule has 0 saturated carbocycles. The van der Waals surface area contributed by atoms with Crippen LogP contribution in [0.5, 0.6) is 5.75 Å². The van der Waals surface area contributed by atoms with E-state index in [2.05, 4.69) is 15.5 Å². The topological polar surface area (TPSA) is 77.2 Å². The number of amides is 1. The molecule has 1 heterocycles. The number of thioether (sulfide) groups is 1. The molecule has 0 atom stereocenters. The molecule has 1 aromatic heterocycles. The van der Waals surface area contributed by atoms with E-state index in [1.54, 1.807) is 12.1 Å². The first-order valence-electron chi connectivity index (χ1n) is 8.30. The van der Waals surface area contributed by atoms with E-state index in [4.69, 9.17) is 20.8 Å². The second kappa shape index (κ2) is 8.92. The first kappa shape index (κ1) is 19.3. The monoisotopic (exact) mass is 403 g/mol. The van der Waals surface area contributed by atoms with Gasteiger partial charge in [-0.3, -0.25) is 4.79 Å². The Labute approximate surface area is 166 Å². The molecule has 0 spiro atoms. The van der Waals surface area contributed by atoms with Gasteiger partial charge in [0.15, 0.2) is 0 Å². The Kier molecular flexibility index (Phi) is 6.36. The van der Waals surface area contributed by atoms with Crippen molar-refractivity contribution >= 4 is 35.0 Å². The van der Waals surface area contributed by atoms with E-state index in [-0.39, 0.29) is 11.7 Å². The van der Waals surface area contributed by atoms with Crippen LogP contribution in [0.2, 0.25) is 5.02 Å². The highest BCUT2D eigenvalue weighted by Crippen LogP contribution is 2.25. The number of hydrogen-bond acceptors (Lipinski definition) is 6. The Morgan fingerprint density at radius 2 is 2.00 bits per heavy atom. The standard InChI is InChI=1S/C19H18ClN3O3S/c1-3-25-15-8-5-13(6-9-15)18-22-23-19(26-18)27-11-17(24)21-14-7-4-12(2)16(20)10-14/h4-10H,3,11H2,1-2H3,(H,21,24). The average molecular weight is 404 g/mol. The van der Waals surface area contributed by atoms with Crippen LogP contribution in [0.4, 0.5) is 5.69 Å². The van der Waals surface area contributed by atoms with Gasteiger partial charge in [-0.15, -0.1) is 10.2 Å². The highest BCUT2D eigenvalue weighted by atomic mass is 35.5. The summed E-state index contributed by atoms with van der Waals surface area (Å²) in [6.45, 7) is 4.44. The molecule has 27 heavy (non-hydrogen) atoms. The Hall–Kier alpha value is -2.51. The molecule has 0 aliphatic heterocycles. The summed E-state index contributed by atoms with van der Waals surface area (Å²) < 4.78 is 11.0. The molecule has 0 saturated heterocycles. The molecule has 140 valence electrons. The summed E-state index contributed by atoms with van der Waals surface area (Å²) in [5.74, 6) is 1.14. The summed E-state index contributed by atoms with van der Waals surface area (Å²) in [5.41, 5.74) is 2.39. The number of benzene rings is 2. The average Bonchev–Trinajstić information content (AvgIpc) is 3.13. The highest BCUT2D eigenvalue weighted by molar-refractivity contribution is 7.99. The van der Waals surface area contributed by atoms with Crippen molar-refractivity contribution in [1.29, 1.82) is 0 Å². The Balaban J connectivity index is 1.55. The number of nitrogens with one attached hydrogen (secondary N) is 1. The van der Waals surface area contributed by atoms with Crippen LogP contribution in [-0.4, -0.2) is 28.5 Å². The van der Waals surface area contributed by atoms with Crippen LogP contribution in [0.15, 0.2) is 52.1 Å². The minimum absolute atomic E-state index is 0.149. The van der Waals surface area contributed by atoms with Crippen LogP contribution >= 0.6 is 23.4 Å². The maximum atomic E-state index is 12.1. The van der Waals surface area contributed by atoms with E-state index in [1.807, 2.05) is 44.2 Å². The van der Waals surface area contributed by atoms with Gasteiger partial charge in [-0.25, -0.2) is 0 Å². The van der Waals surface area contributed by atoms with Gasteiger partial charge in [0.1, 0.15) is 5.75 Å². The van der Waals surface area contributed by atoms with Crippen LogP contribution in [0, 0.1) is 6.92 Å². The lowest BCUT2D eigenvalue weighted by atomic mass is 10.2. The molecule has 0 aliphatic carbocycles. The maximum Gasteiger partial charge on any atom is 0.277 e. The number of hydrogen-bond donors (Lipinski definition) is 1. The van der Waals surface area contributed by atoms with E-state index in [9.17, 15) is 4.79 Å². The summed E-state index contributed by atoms with van der Waals surface area (Å²) >= 11 is 7.23. The third kappa shape index (κ3) is 5.24. The molecule has 0 bridgehead atoms. The summed E-state index contributed by atoms with van der Waals surface area (Å²) in [6, 6.07) is 12.8. The van der Waals surface area contributed by atoms with Crippen LogP contribution in [0.3, 0.4) is 0 Å². The van der Waals surface area contributed by atoms with Gasteiger partial charge in [-0.05, 0) is 55.8 Å². The van der Waals surface area contributed by atoms with E-state index < -0.39 is 0 Å². The van der Waals surface area contributed by atoms with Crippen molar-refractivity contribution in [3.8, 4) is 17.2 Å². The fourth-order valence-electron chi connectivity index (χ4n) is 2.24. The van der Waals surface area contributed by atoms with Gasteiger partial charge >= 0.3 is 0 Å². The fraction of sp³-hybridized carbons (Fsp3) is 0.211. The number of rotatable bonds is 7. The predicted molar refractivity (Wildman–Crippen MR) is 106 cm³/mol. The quantitative estimate of drug-likeness (QED) is 0.569. The van der Waals surface area contributed by atoms with Crippen LogP contribution < -0.4 is 10.1 Å². The molecule has 0 radical (unpaired) electrons. The van der Waals surface area contributed by atoms with Crippen molar-refractivity contribution in [1.82, 2.24) is 10.2 Å². The number of halogens is 1. The molecular weight excluding hydrogens is 386 g/mol. The maximum absolute atomic E-state index is 12.1. The van der Waals surface area contributed by atoms with Crippen molar-refractivity contribution < 1.29 is 13.9 Å². The van der Waals surface area contributed by atoms with Gasteiger partial charge in [0.25, 0.3) is 5.22 Å². The van der Waals surface area contributed by atoms with Gasteiger partial charge in [0, 0.05) is 16.3 Å². The lowest BCUT2D eigenvalue weighted by Gasteiger charge is -2.05. The van der Waals surface area contributed by atoms with Crippen LogP contribution in [-0.2, 0) is 4.79 Å². The summed E-state index contributed by atoms with van der Waals surface area (Å²) in [6.07, 6.45) is 0. The minimum Gasteiger partial charge on any atom is -0.494 e. The number of anilines is 1. The fourth-order valence-corrected chi connectivity index (χ4v) is 2.98. The van der Waals surface area contributed by atoms with Gasteiger partial charge in [0.05, 0.1) is 12.4 Å². The zero-order valence-corrected chi connectivity index (χ0v) is 16.4. The summed E-state index contributed by atoms with van der Waals surface area (Å²) in [4.78, 5) is 12.1. The first-order valence-corrected chi connectivity index (χ1v) is 9.67. The smallest absolute Gasteiger partial charge is 0.277 e. The number of carbonyl (C=O) groups is 1. The molecule has 1 amide bonds. The number of ether oxygens (including phenoxy) is 1. The second-order valence-corrected chi connectivity index (χ2v) is 6.97. The summed E-state index contributed by atoms with van der Waals surface area (Å²) in [5, 5.41) is 11.7. The van der Waals surface area contributed by atoms with Crippen molar-refractivity contribution in [2.75, 3.05) is 17.7 Å². The Morgan fingerprint density at radius 1 is 1.22 bits per heavy atom. The molecule has 3 rings (SSSR count). The van der Waals surface area contributed by atoms with E-state index in [0.717, 1.165) is 16.9 Å². The summed E-state index contributed by atoms with van der Waals surface area (Å²) in [7, 11) is 0. The van der Waals surface area contributed by atoms with E-state index in [0.29, 0.717) is 28.4 Å². The van der Waals surface area contributed by atoms with Crippen molar-refractivity contribution in [3.63, 3.8) is 0 Å². The van der Waals surface area contributed by atoms with Crippen molar-refractivity contribution in [2.45, 2.75) is 19.1 Å². The zero-order chi connectivity index (χ0) is 19.2. The number of carbonyl (C=O) groups excluding carboxylic acids is 1. The number of aromatic nitrogens is 2. The minimum atomic E-state index is -0.180. The third-order valence-electron chi connectivity index (χ3n) is 3.60. The normalized spacial score (nSPS) is 10.6. The second-order valence-electron chi connectivity index (χ2n) is 5.63. The van der Waals surface area contributed by atoms with Crippen molar-refractivity contribution in [2.24, 2.45) is 0 Å². The lowest BCUT2D eigenvalue weighted by molar-refractivity contribution is -0.113. The lowest BCUT2D eigenvalue weighted by Crippen LogP contribution is -2.14. The van der Waals surface area contributed by atoms with Gasteiger partial charge in [-0.1, -0.05) is 29.4 Å². The molecular formula is C19H18ClN3O3S. The van der Waals surface area contributed by atoms with Crippen LogP contribution in [0.25, 0.3) is 11.5 Å². The van der Waals surface area contributed by atoms with Crippen LogP contribution in [0.1, 0.15) is 12.5 Å². The zero-order valence-electron chi connectivity index (χ0n) is 14.9. The largest absolute Gasteiger partial charge is 0.494 e. The van der Waals surface area contributed by atoms with Gasteiger partial charge < -0.3 is 14.5 Å². The van der Waals surface area contributed by atoms with Crippen molar-refractivity contribution in [3.05, 3.63) is 53.1 Å². The third-order valence-corrected chi connectivity index (χ3v) is 4.83. The van der Waals surface area contributed by atoms with Gasteiger partial charge in [0.2, 0.25) is 11.8 Å². The molecule has 2 aromatic carbocycles. The predicted octanol–water partition coefficient (Wildman–Crippen LogP) is 4.83. The van der Waals surface area contributed by atoms with E-state index in [1.165, 1.54) is 11.8 Å².